The lowest BCUT2D eigenvalue weighted by molar-refractivity contribution is -0.136. The molecule has 1 unspecified atom stereocenters. The predicted octanol–water partition coefficient (Wildman–Crippen LogP) is 0.612. The van der Waals surface area contributed by atoms with Crippen molar-refractivity contribution in [2.24, 2.45) is 0 Å². The van der Waals surface area contributed by atoms with Gasteiger partial charge < -0.3 is 15.5 Å². The fourth-order valence-corrected chi connectivity index (χ4v) is 3.48. The van der Waals surface area contributed by atoms with Gasteiger partial charge in [0.2, 0.25) is 11.9 Å². The molecule has 1 aromatic carbocycles. The Labute approximate surface area is 158 Å². The minimum absolute atomic E-state index is 0.0901. The van der Waals surface area contributed by atoms with Crippen LogP contribution in [-0.4, -0.2) is 65.9 Å². The molecule has 27 heavy (non-hydrogen) atoms. The highest BCUT2D eigenvalue weighted by molar-refractivity contribution is 5.84. The molecule has 1 saturated heterocycles. The van der Waals surface area contributed by atoms with Gasteiger partial charge in [0.15, 0.2) is 0 Å². The molecule has 0 spiro atoms. The summed E-state index contributed by atoms with van der Waals surface area (Å²) in [5.41, 5.74) is 7.48. The van der Waals surface area contributed by atoms with E-state index in [1.54, 1.807) is 0 Å². The number of nitrogens with two attached hydrogens (primary N) is 1. The third-order valence-electron chi connectivity index (χ3n) is 4.90. The van der Waals surface area contributed by atoms with E-state index in [2.05, 4.69) is 9.97 Å². The van der Waals surface area contributed by atoms with Crippen molar-refractivity contribution in [3.05, 3.63) is 51.8 Å². The molecule has 0 bridgehead atoms. The quantitative estimate of drug-likeness (QED) is 0.818. The second-order valence-electron chi connectivity index (χ2n) is 7.02. The van der Waals surface area contributed by atoms with Gasteiger partial charge in [0, 0.05) is 32.2 Å². The SMILES string of the molecule is Cc1ccccc1C(C(=O)N1CCN(c2cc(=O)[nH]c(N)n2)CC1)N(C)C. The molecule has 1 aliphatic heterocycles. The number of rotatable bonds is 4. The molecule has 2 heterocycles. The normalized spacial score (nSPS) is 15.9. The minimum atomic E-state index is -0.314. The van der Waals surface area contributed by atoms with Gasteiger partial charge in [0.1, 0.15) is 11.9 Å². The summed E-state index contributed by atoms with van der Waals surface area (Å²) in [6.45, 7) is 4.39. The number of aromatic amines is 1. The van der Waals surface area contributed by atoms with E-state index in [0.29, 0.717) is 32.0 Å². The van der Waals surface area contributed by atoms with Crippen molar-refractivity contribution < 1.29 is 4.79 Å². The fourth-order valence-electron chi connectivity index (χ4n) is 3.48. The highest BCUT2D eigenvalue weighted by atomic mass is 16.2. The number of hydrogen-bond donors (Lipinski definition) is 2. The van der Waals surface area contributed by atoms with Crippen LogP contribution in [0.5, 0.6) is 0 Å². The molecule has 1 aromatic heterocycles. The molecule has 8 heteroatoms. The second-order valence-corrected chi connectivity index (χ2v) is 7.02. The van der Waals surface area contributed by atoms with E-state index in [-0.39, 0.29) is 23.5 Å². The molecule has 0 radical (unpaired) electrons. The number of aromatic nitrogens is 2. The van der Waals surface area contributed by atoms with Gasteiger partial charge in [-0.05, 0) is 32.1 Å². The van der Waals surface area contributed by atoms with Gasteiger partial charge in [0.05, 0.1) is 0 Å². The Balaban J connectivity index is 1.73. The first-order chi connectivity index (χ1) is 12.9. The average Bonchev–Trinajstić information content (AvgIpc) is 2.62. The van der Waals surface area contributed by atoms with Crippen molar-refractivity contribution in [2.45, 2.75) is 13.0 Å². The number of carbonyl (C=O) groups is 1. The number of nitrogens with zero attached hydrogens (tertiary/aromatic N) is 4. The first-order valence-electron chi connectivity index (χ1n) is 8.99. The van der Waals surface area contributed by atoms with Gasteiger partial charge >= 0.3 is 0 Å². The van der Waals surface area contributed by atoms with Crippen LogP contribution < -0.4 is 16.2 Å². The third-order valence-corrected chi connectivity index (χ3v) is 4.90. The van der Waals surface area contributed by atoms with Gasteiger partial charge in [-0.3, -0.25) is 19.5 Å². The summed E-state index contributed by atoms with van der Waals surface area (Å²) >= 11 is 0. The number of aryl methyl sites for hydroxylation is 1. The Kier molecular flexibility index (Phi) is 5.46. The summed E-state index contributed by atoms with van der Waals surface area (Å²) in [5.74, 6) is 0.738. The topological polar surface area (TPSA) is 98.6 Å². The van der Waals surface area contributed by atoms with Crippen molar-refractivity contribution in [1.29, 1.82) is 0 Å². The maximum absolute atomic E-state index is 13.2. The maximum atomic E-state index is 13.2. The Bertz CT molecular complexity index is 870. The van der Waals surface area contributed by atoms with Crippen LogP contribution in [0.25, 0.3) is 0 Å². The summed E-state index contributed by atoms with van der Waals surface area (Å²) < 4.78 is 0. The average molecular weight is 370 g/mol. The van der Waals surface area contributed by atoms with Crippen molar-refractivity contribution in [1.82, 2.24) is 19.8 Å². The summed E-state index contributed by atoms with van der Waals surface area (Å²) in [5, 5.41) is 0. The number of anilines is 2. The van der Waals surface area contributed by atoms with E-state index in [4.69, 9.17) is 5.73 Å². The van der Waals surface area contributed by atoms with Crippen molar-refractivity contribution in [2.75, 3.05) is 50.9 Å². The summed E-state index contributed by atoms with van der Waals surface area (Å²) in [7, 11) is 3.85. The molecule has 3 N–H and O–H groups in total. The van der Waals surface area contributed by atoms with Crippen LogP contribution in [0.15, 0.2) is 35.1 Å². The Morgan fingerprint density at radius 2 is 1.89 bits per heavy atom. The van der Waals surface area contributed by atoms with Crippen LogP contribution in [0.4, 0.5) is 11.8 Å². The number of H-pyrrole nitrogens is 1. The lowest BCUT2D eigenvalue weighted by Gasteiger charge is -2.38. The lowest BCUT2D eigenvalue weighted by atomic mass is 9.99. The standard InChI is InChI=1S/C19H26N6O2/c1-13-6-4-5-7-14(13)17(23(2)3)18(27)25-10-8-24(9-11-25)15-12-16(26)22-19(20)21-15/h4-7,12,17H,8-11H2,1-3H3,(H3,20,21,22,26). The van der Waals surface area contributed by atoms with E-state index >= 15 is 0 Å². The third kappa shape index (κ3) is 4.11. The van der Waals surface area contributed by atoms with Crippen molar-refractivity contribution in [3.8, 4) is 0 Å². The van der Waals surface area contributed by atoms with Gasteiger partial charge in [0.25, 0.3) is 5.56 Å². The van der Waals surface area contributed by atoms with E-state index in [1.807, 2.05) is 60.0 Å². The number of piperazine rings is 1. The fraction of sp³-hybridized carbons (Fsp3) is 0.421. The molecule has 0 saturated carbocycles. The molecule has 0 aliphatic carbocycles. The van der Waals surface area contributed by atoms with Gasteiger partial charge in [-0.2, -0.15) is 4.98 Å². The van der Waals surface area contributed by atoms with Crippen molar-refractivity contribution in [3.63, 3.8) is 0 Å². The molecule has 2 aromatic rings. The van der Waals surface area contributed by atoms with Crippen molar-refractivity contribution >= 4 is 17.7 Å². The van der Waals surface area contributed by atoms with Crippen LogP contribution >= 0.6 is 0 Å². The second kappa shape index (κ2) is 7.79. The first kappa shape index (κ1) is 18.9. The smallest absolute Gasteiger partial charge is 0.254 e. The minimum Gasteiger partial charge on any atom is -0.369 e. The highest BCUT2D eigenvalue weighted by Gasteiger charge is 2.31. The monoisotopic (exact) mass is 370 g/mol. The highest BCUT2D eigenvalue weighted by Crippen LogP contribution is 2.25. The van der Waals surface area contributed by atoms with E-state index in [9.17, 15) is 9.59 Å². The van der Waals surface area contributed by atoms with Crippen LogP contribution in [0.3, 0.4) is 0 Å². The Morgan fingerprint density at radius 1 is 1.22 bits per heavy atom. The van der Waals surface area contributed by atoms with E-state index < -0.39 is 0 Å². The van der Waals surface area contributed by atoms with Crippen LogP contribution in [0, 0.1) is 6.92 Å². The van der Waals surface area contributed by atoms with E-state index in [1.165, 1.54) is 6.07 Å². The number of nitrogen functional groups attached to an aromatic ring is 1. The lowest BCUT2D eigenvalue weighted by Crippen LogP contribution is -2.52. The molecule has 1 atom stereocenters. The predicted molar refractivity (Wildman–Crippen MR) is 106 cm³/mol. The Hall–Kier alpha value is -2.87. The molecule has 1 fully saturated rings. The molecule has 144 valence electrons. The molecule has 1 amide bonds. The number of carbonyl (C=O) groups excluding carboxylic acids is 1. The number of amides is 1. The zero-order chi connectivity index (χ0) is 19.6. The first-order valence-corrected chi connectivity index (χ1v) is 8.99. The number of nitrogens with one attached hydrogen (secondary N) is 1. The van der Waals surface area contributed by atoms with Gasteiger partial charge in [-0.25, -0.2) is 0 Å². The van der Waals surface area contributed by atoms with E-state index in [0.717, 1.165) is 11.1 Å². The molecular formula is C19H26N6O2. The number of hydrogen-bond acceptors (Lipinski definition) is 6. The zero-order valence-electron chi connectivity index (χ0n) is 16.0. The van der Waals surface area contributed by atoms with Crippen LogP contribution in [-0.2, 0) is 4.79 Å². The van der Waals surface area contributed by atoms with Gasteiger partial charge in [-0.15, -0.1) is 0 Å². The maximum Gasteiger partial charge on any atom is 0.254 e. The molecular weight excluding hydrogens is 344 g/mol. The Morgan fingerprint density at radius 3 is 2.48 bits per heavy atom. The van der Waals surface area contributed by atoms with Crippen LogP contribution in [0.1, 0.15) is 17.2 Å². The van der Waals surface area contributed by atoms with Crippen LogP contribution in [0.2, 0.25) is 0 Å². The number of likely N-dealkylation sites (N-methyl/N-ethyl adjacent to an activating group) is 1. The largest absolute Gasteiger partial charge is 0.369 e. The zero-order valence-corrected chi connectivity index (χ0v) is 16.0. The summed E-state index contributed by atoms with van der Waals surface area (Å²) in [6, 6.07) is 9.11. The molecule has 1 aliphatic rings. The molecule has 3 rings (SSSR count). The van der Waals surface area contributed by atoms with Gasteiger partial charge in [-0.1, -0.05) is 24.3 Å². The summed E-state index contributed by atoms with van der Waals surface area (Å²) in [6.07, 6.45) is 0. The molecule has 8 nitrogen and oxygen atoms in total. The summed E-state index contributed by atoms with van der Waals surface area (Å²) in [4.78, 5) is 37.3. The number of benzene rings is 1.